The molecule has 0 N–H and O–H groups in total. The fourth-order valence-electron chi connectivity index (χ4n) is 4.70. The lowest BCUT2D eigenvalue weighted by atomic mass is 9.75. The van der Waals surface area contributed by atoms with Crippen LogP contribution in [0, 0.1) is 11.8 Å². The van der Waals surface area contributed by atoms with Crippen molar-refractivity contribution in [2.45, 2.75) is 84.5 Å². The number of hydrogen-bond donors (Lipinski definition) is 0. The molecule has 0 amide bonds. The summed E-state index contributed by atoms with van der Waals surface area (Å²) in [7, 11) is 0. The van der Waals surface area contributed by atoms with Gasteiger partial charge in [0.1, 0.15) is 5.75 Å². The molecule has 0 saturated heterocycles. The van der Waals surface area contributed by atoms with Gasteiger partial charge in [0.15, 0.2) is 0 Å². The van der Waals surface area contributed by atoms with Crippen LogP contribution in [0.2, 0.25) is 0 Å². The minimum Gasteiger partial charge on any atom is -0.494 e. The average Bonchev–Trinajstić information content (AvgIpc) is 2.78. The van der Waals surface area contributed by atoms with E-state index in [4.69, 9.17) is 4.74 Å². The Balaban J connectivity index is 1.51. The molecule has 3 rings (SSSR count). The van der Waals surface area contributed by atoms with Gasteiger partial charge in [0.25, 0.3) is 0 Å². The molecule has 0 heterocycles. The van der Waals surface area contributed by atoms with Gasteiger partial charge in [-0.15, -0.1) is 0 Å². The summed E-state index contributed by atoms with van der Waals surface area (Å²) in [6, 6.07) is 17.9. The van der Waals surface area contributed by atoms with E-state index < -0.39 is 0 Å². The Morgan fingerprint density at radius 1 is 0.828 bits per heavy atom. The molecule has 1 heteroatoms. The lowest BCUT2D eigenvalue weighted by molar-refractivity contribution is 0.273. The largest absolute Gasteiger partial charge is 0.494 e. The Morgan fingerprint density at radius 2 is 1.45 bits per heavy atom. The summed E-state index contributed by atoms with van der Waals surface area (Å²) in [5.41, 5.74) is 4.11. The van der Waals surface area contributed by atoms with Crippen molar-refractivity contribution in [2.24, 2.45) is 11.8 Å². The van der Waals surface area contributed by atoms with Crippen molar-refractivity contribution in [3.8, 4) is 16.9 Å². The topological polar surface area (TPSA) is 9.23 Å². The molecule has 0 spiro atoms. The summed E-state index contributed by atoms with van der Waals surface area (Å²) in [4.78, 5) is 0. The smallest absolute Gasteiger partial charge is 0.119 e. The third-order valence-electron chi connectivity index (χ3n) is 6.87. The van der Waals surface area contributed by atoms with E-state index in [1.165, 1.54) is 68.1 Å². The van der Waals surface area contributed by atoms with E-state index >= 15 is 0 Å². The van der Waals surface area contributed by atoms with Gasteiger partial charge in [-0.2, -0.15) is 0 Å². The highest BCUT2D eigenvalue weighted by Crippen LogP contribution is 2.39. The molecule has 29 heavy (non-hydrogen) atoms. The molecule has 158 valence electrons. The van der Waals surface area contributed by atoms with Crippen LogP contribution in [0.3, 0.4) is 0 Å². The molecule has 1 saturated carbocycles. The van der Waals surface area contributed by atoms with Crippen LogP contribution in [-0.4, -0.2) is 6.61 Å². The van der Waals surface area contributed by atoms with Crippen molar-refractivity contribution >= 4 is 0 Å². The van der Waals surface area contributed by atoms with Crippen LogP contribution in [0.5, 0.6) is 5.75 Å². The molecule has 1 unspecified atom stereocenters. The van der Waals surface area contributed by atoms with Crippen molar-refractivity contribution in [3.63, 3.8) is 0 Å². The van der Waals surface area contributed by atoms with Crippen LogP contribution in [0.15, 0.2) is 48.5 Å². The summed E-state index contributed by atoms with van der Waals surface area (Å²) < 4.78 is 5.84. The van der Waals surface area contributed by atoms with Crippen molar-refractivity contribution < 1.29 is 4.74 Å². The Kier molecular flexibility index (Phi) is 8.65. The van der Waals surface area contributed by atoms with Gasteiger partial charge >= 0.3 is 0 Å². The molecule has 1 fully saturated rings. The fraction of sp³-hybridized carbons (Fsp3) is 0.571. The molecule has 0 aromatic heterocycles. The summed E-state index contributed by atoms with van der Waals surface area (Å²) in [6.07, 6.45) is 11.9. The number of rotatable bonds is 10. The summed E-state index contributed by atoms with van der Waals surface area (Å²) in [5.74, 6) is 3.60. The van der Waals surface area contributed by atoms with Crippen LogP contribution < -0.4 is 4.74 Å². The van der Waals surface area contributed by atoms with E-state index in [0.29, 0.717) is 0 Å². The Hall–Kier alpha value is -1.76. The van der Waals surface area contributed by atoms with Crippen LogP contribution in [0.4, 0.5) is 0 Å². The van der Waals surface area contributed by atoms with E-state index in [-0.39, 0.29) is 0 Å². The van der Waals surface area contributed by atoms with Gasteiger partial charge < -0.3 is 4.74 Å². The predicted molar refractivity (Wildman–Crippen MR) is 126 cm³/mol. The van der Waals surface area contributed by atoms with Crippen molar-refractivity contribution in [1.82, 2.24) is 0 Å². The van der Waals surface area contributed by atoms with Gasteiger partial charge in [-0.05, 0) is 85.1 Å². The maximum Gasteiger partial charge on any atom is 0.119 e. The zero-order chi connectivity index (χ0) is 20.5. The zero-order valence-electron chi connectivity index (χ0n) is 18.8. The molecular formula is C28H40O. The van der Waals surface area contributed by atoms with Gasteiger partial charge in [0.2, 0.25) is 0 Å². The second-order valence-electron chi connectivity index (χ2n) is 9.17. The minimum absolute atomic E-state index is 0.760. The van der Waals surface area contributed by atoms with E-state index in [1.807, 2.05) is 0 Å². The lowest BCUT2D eigenvalue weighted by Crippen LogP contribution is -2.15. The standard InChI is InChI=1S/C28H40O/c1-4-6-7-20-29-28-18-16-27(17-19-28)26-14-12-25(13-15-26)24-10-8-23(9-11-24)21-22(3)5-2/h12-19,22-24H,4-11,20-21H2,1-3H3. The Bertz CT molecular complexity index is 692. The normalized spacial score (nSPS) is 20.4. The highest BCUT2D eigenvalue weighted by atomic mass is 16.5. The van der Waals surface area contributed by atoms with Crippen molar-refractivity contribution in [2.75, 3.05) is 6.61 Å². The highest BCUT2D eigenvalue weighted by molar-refractivity contribution is 5.64. The van der Waals surface area contributed by atoms with Crippen LogP contribution in [0.25, 0.3) is 11.1 Å². The van der Waals surface area contributed by atoms with Crippen LogP contribution >= 0.6 is 0 Å². The summed E-state index contributed by atoms with van der Waals surface area (Å²) in [6.45, 7) is 7.78. The number of benzene rings is 2. The third-order valence-corrected chi connectivity index (χ3v) is 6.87. The maximum absolute atomic E-state index is 5.84. The maximum atomic E-state index is 5.84. The summed E-state index contributed by atoms with van der Waals surface area (Å²) >= 11 is 0. The second kappa shape index (κ2) is 11.4. The zero-order valence-corrected chi connectivity index (χ0v) is 18.8. The first-order chi connectivity index (χ1) is 14.2. The molecule has 1 nitrogen and oxygen atoms in total. The first-order valence-electron chi connectivity index (χ1n) is 12.0. The number of ether oxygens (including phenoxy) is 1. The van der Waals surface area contributed by atoms with Gasteiger partial charge in [0, 0.05) is 0 Å². The molecule has 1 aliphatic carbocycles. The molecule has 2 aromatic carbocycles. The van der Waals surface area contributed by atoms with E-state index in [0.717, 1.165) is 36.5 Å². The van der Waals surface area contributed by atoms with E-state index in [2.05, 4.69) is 69.3 Å². The molecule has 0 aliphatic heterocycles. The highest BCUT2D eigenvalue weighted by Gasteiger charge is 2.23. The minimum atomic E-state index is 0.760. The molecule has 0 bridgehead atoms. The number of unbranched alkanes of at least 4 members (excludes halogenated alkanes) is 2. The predicted octanol–water partition coefficient (Wildman–Crippen LogP) is 8.63. The molecule has 1 aliphatic rings. The van der Waals surface area contributed by atoms with Gasteiger partial charge in [0.05, 0.1) is 6.61 Å². The molecule has 1 atom stereocenters. The van der Waals surface area contributed by atoms with Gasteiger partial charge in [-0.3, -0.25) is 0 Å². The monoisotopic (exact) mass is 392 g/mol. The second-order valence-corrected chi connectivity index (χ2v) is 9.17. The quantitative estimate of drug-likeness (QED) is 0.368. The van der Waals surface area contributed by atoms with E-state index in [1.54, 1.807) is 0 Å². The molecule has 2 aromatic rings. The van der Waals surface area contributed by atoms with Crippen LogP contribution in [-0.2, 0) is 0 Å². The van der Waals surface area contributed by atoms with E-state index in [9.17, 15) is 0 Å². The molecular weight excluding hydrogens is 352 g/mol. The average molecular weight is 393 g/mol. The van der Waals surface area contributed by atoms with Crippen LogP contribution in [0.1, 0.15) is 90.0 Å². The van der Waals surface area contributed by atoms with Crippen molar-refractivity contribution in [3.05, 3.63) is 54.1 Å². The first-order valence-corrected chi connectivity index (χ1v) is 12.0. The molecule has 0 radical (unpaired) electrons. The lowest BCUT2D eigenvalue weighted by Gasteiger charge is -2.30. The third kappa shape index (κ3) is 6.63. The fourth-order valence-corrected chi connectivity index (χ4v) is 4.70. The first kappa shape index (κ1) is 21.9. The summed E-state index contributed by atoms with van der Waals surface area (Å²) in [5, 5.41) is 0. The number of hydrogen-bond acceptors (Lipinski definition) is 1. The van der Waals surface area contributed by atoms with Crippen molar-refractivity contribution in [1.29, 1.82) is 0 Å². The Morgan fingerprint density at radius 3 is 2.03 bits per heavy atom. The van der Waals surface area contributed by atoms with Gasteiger partial charge in [-0.1, -0.05) is 76.4 Å². The Labute approximate surface area is 178 Å². The SMILES string of the molecule is CCCCCOc1ccc(-c2ccc(C3CCC(CC(C)CC)CC3)cc2)cc1. The van der Waals surface area contributed by atoms with Gasteiger partial charge in [-0.25, -0.2) is 0 Å².